The third-order valence-corrected chi connectivity index (χ3v) is 5.82. The molecule has 2 unspecified atom stereocenters. The summed E-state index contributed by atoms with van der Waals surface area (Å²) in [7, 11) is 0. The van der Waals surface area contributed by atoms with Crippen LogP contribution in [0.1, 0.15) is 18.9 Å². The predicted octanol–water partition coefficient (Wildman–Crippen LogP) is 4.04. The molecule has 0 amide bonds. The third-order valence-electron chi connectivity index (χ3n) is 3.29. The number of benzene rings is 1. The molecule has 0 bridgehead atoms. The number of hydrogen-bond acceptors (Lipinski definition) is 7. The quantitative estimate of drug-likeness (QED) is 0.835. The van der Waals surface area contributed by atoms with Crippen molar-refractivity contribution in [3.8, 4) is 0 Å². The summed E-state index contributed by atoms with van der Waals surface area (Å²) in [4.78, 5) is 11.7. The van der Waals surface area contributed by atoms with E-state index < -0.39 is 0 Å². The predicted molar refractivity (Wildman–Crippen MR) is 89.2 cm³/mol. The second kappa shape index (κ2) is 6.44. The van der Waals surface area contributed by atoms with Gasteiger partial charge in [-0.25, -0.2) is 0 Å². The maximum absolute atomic E-state index is 11.7. The largest absolute Gasteiger partial charge is 0.462 e. The van der Waals surface area contributed by atoms with Crippen LogP contribution >= 0.6 is 34.7 Å². The highest BCUT2D eigenvalue weighted by atomic mass is 35.5. The van der Waals surface area contributed by atoms with Crippen molar-refractivity contribution in [2.75, 3.05) is 5.32 Å². The number of thioether (sulfide) groups is 1. The van der Waals surface area contributed by atoms with Crippen LogP contribution in [0.2, 0.25) is 5.02 Å². The van der Waals surface area contributed by atoms with Crippen LogP contribution in [0.4, 0.5) is 10.8 Å². The molecule has 8 heteroatoms. The van der Waals surface area contributed by atoms with Gasteiger partial charge in [0.15, 0.2) is 4.34 Å². The first-order valence-corrected chi connectivity index (χ1v) is 8.83. The number of anilines is 2. The summed E-state index contributed by atoms with van der Waals surface area (Å²) >= 11 is 8.92. The fourth-order valence-corrected chi connectivity index (χ4v) is 4.40. The molecule has 116 valence electrons. The number of nitrogens with one attached hydrogen (secondary N) is 1. The standard InChI is InChI=1S/C14H14ClN3O2S2/c1-7-6-11(12(19)20-7)21-14-18-17-13(22-14)16-10-5-3-4-9(15)8(10)2/h3-5,7,11H,6H2,1-2H3,(H,16,17). The molecule has 2 atom stereocenters. The average molecular weight is 356 g/mol. The van der Waals surface area contributed by atoms with Crippen LogP contribution in [-0.4, -0.2) is 27.5 Å². The van der Waals surface area contributed by atoms with Gasteiger partial charge in [-0.1, -0.05) is 40.8 Å². The number of cyclic esters (lactones) is 1. The average Bonchev–Trinajstić information content (AvgIpc) is 3.03. The number of carbonyl (C=O) groups excluding carboxylic acids is 1. The summed E-state index contributed by atoms with van der Waals surface area (Å²) in [5, 5.41) is 12.6. The molecule has 22 heavy (non-hydrogen) atoms. The van der Waals surface area contributed by atoms with E-state index in [1.807, 2.05) is 32.0 Å². The van der Waals surface area contributed by atoms with Gasteiger partial charge in [0.05, 0.1) is 0 Å². The summed E-state index contributed by atoms with van der Waals surface area (Å²) in [6.45, 7) is 3.84. The molecule has 0 spiro atoms. The van der Waals surface area contributed by atoms with E-state index in [0.29, 0.717) is 16.6 Å². The zero-order chi connectivity index (χ0) is 15.7. The van der Waals surface area contributed by atoms with Crippen LogP contribution in [0.3, 0.4) is 0 Å². The topological polar surface area (TPSA) is 64.1 Å². The van der Waals surface area contributed by atoms with Gasteiger partial charge in [-0.15, -0.1) is 10.2 Å². The van der Waals surface area contributed by atoms with Crippen LogP contribution in [0.15, 0.2) is 22.5 Å². The Balaban J connectivity index is 1.69. The van der Waals surface area contributed by atoms with Crippen molar-refractivity contribution in [1.29, 1.82) is 0 Å². The molecule has 3 rings (SSSR count). The molecule has 2 aromatic rings. The Labute approximate surface area is 141 Å². The molecule has 1 aromatic carbocycles. The minimum atomic E-state index is -0.191. The Morgan fingerprint density at radius 2 is 2.27 bits per heavy atom. The Bertz CT molecular complexity index is 707. The van der Waals surface area contributed by atoms with Gasteiger partial charge in [0, 0.05) is 17.1 Å². The lowest BCUT2D eigenvalue weighted by molar-refractivity contribution is -0.140. The molecule has 1 saturated heterocycles. The summed E-state index contributed by atoms with van der Waals surface area (Å²) in [6.07, 6.45) is 0.684. The number of aromatic nitrogens is 2. The zero-order valence-corrected chi connectivity index (χ0v) is 14.4. The van der Waals surface area contributed by atoms with Crippen LogP contribution in [0.5, 0.6) is 0 Å². The minimum Gasteiger partial charge on any atom is -0.462 e. The fourth-order valence-electron chi connectivity index (χ4n) is 2.10. The first-order valence-electron chi connectivity index (χ1n) is 6.75. The number of halogens is 1. The van der Waals surface area contributed by atoms with Crippen LogP contribution in [0, 0.1) is 6.92 Å². The summed E-state index contributed by atoms with van der Waals surface area (Å²) in [5.74, 6) is -0.173. The van der Waals surface area contributed by atoms with Gasteiger partial charge in [0.25, 0.3) is 0 Å². The molecule has 0 aliphatic carbocycles. The lowest BCUT2D eigenvalue weighted by Gasteiger charge is -2.07. The SMILES string of the molecule is Cc1c(Cl)cccc1Nc1nnc(SC2CC(C)OC2=O)s1. The summed E-state index contributed by atoms with van der Waals surface area (Å²) in [6, 6.07) is 5.66. The Kier molecular flexibility index (Phi) is 4.56. The zero-order valence-electron chi connectivity index (χ0n) is 12.0. The number of ether oxygens (including phenoxy) is 1. The van der Waals surface area contributed by atoms with E-state index in [-0.39, 0.29) is 17.3 Å². The molecule has 0 radical (unpaired) electrons. The van der Waals surface area contributed by atoms with Crippen molar-refractivity contribution in [2.45, 2.75) is 36.0 Å². The molecule has 1 fully saturated rings. The van der Waals surface area contributed by atoms with Gasteiger partial charge >= 0.3 is 5.97 Å². The Hall–Kier alpha value is -1.31. The molecule has 0 saturated carbocycles. The highest BCUT2D eigenvalue weighted by Crippen LogP contribution is 2.36. The molecule has 5 nitrogen and oxygen atoms in total. The molecule has 1 aliphatic heterocycles. The minimum absolute atomic E-state index is 0.0235. The summed E-state index contributed by atoms with van der Waals surface area (Å²) in [5.41, 5.74) is 1.86. The molecule has 1 aromatic heterocycles. The monoisotopic (exact) mass is 355 g/mol. The first-order chi connectivity index (χ1) is 10.5. The van der Waals surface area contributed by atoms with Crippen molar-refractivity contribution >= 4 is 51.5 Å². The first kappa shape index (κ1) is 15.6. The van der Waals surface area contributed by atoms with Crippen molar-refractivity contribution in [3.05, 3.63) is 28.8 Å². The van der Waals surface area contributed by atoms with Gasteiger partial charge in [-0.05, 0) is 31.5 Å². The second-order valence-corrected chi connectivity index (χ2v) is 7.83. The van der Waals surface area contributed by atoms with E-state index in [1.165, 1.54) is 23.1 Å². The number of rotatable bonds is 4. The van der Waals surface area contributed by atoms with E-state index in [4.69, 9.17) is 16.3 Å². The normalized spacial score (nSPS) is 21.0. The van der Waals surface area contributed by atoms with E-state index >= 15 is 0 Å². The lowest BCUT2D eigenvalue weighted by Crippen LogP contribution is -2.08. The van der Waals surface area contributed by atoms with Gasteiger partial charge in [0.2, 0.25) is 5.13 Å². The molecule has 1 N–H and O–H groups in total. The van der Waals surface area contributed by atoms with E-state index in [1.54, 1.807) is 0 Å². The molecule has 2 heterocycles. The van der Waals surface area contributed by atoms with Gasteiger partial charge < -0.3 is 10.1 Å². The highest BCUT2D eigenvalue weighted by Gasteiger charge is 2.33. The van der Waals surface area contributed by atoms with Gasteiger partial charge in [-0.2, -0.15) is 0 Å². The smallest absolute Gasteiger partial charge is 0.319 e. The van der Waals surface area contributed by atoms with Crippen molar-refractivity contribution in [1.82, 2.24) is 10.2 Å². The maximum atomic E-state index is 11.7. The Morgan fingerprint density at radius 1 is 1.45 bits per heavy atom. The van der Waals surface area contributed by atoms with Gasteiger partial charge in [-0.3, -0.25) is 4.79 Å². The Morgan fingerprint density at radius 3 is 3.00 bits per heavy atom. The molecule has 1 aliphatic rings. The number of hydrogen-bond donors (Lipinski definition) is 1. The number of carbonyl (C=O) groups is 1. The van der Waals surface area contributed by atoms with Crippen molar-refractivity contribution in [3.63, 3.8) is 0 Å². The number of esters is 1. The lowest BCUT2D eigenvalue weighted by atomic mass is 10.2. The molecular formula is C14H14ClN3O2S2. The summed E-state index contributed by atoms with van der Waals surface area (Å²) < 4.78 is 5.89. The van der Waals surface area contributed by atoms with E-state index in [9.17, 15) is 4.79 Å². The third kappa shape index (κ3) is 3.37. The fraction of sp³-hybridized carbons (Fsp3) is 0.357. The van der Waals surface area contributed by atoms with Gasteiger partial charge in [0.1, 0.15) is 11.4 Å². The second-order valence-electron chi connectivity index (χ2n) is 5.00. The van der Waals surface area contributed by atoms with Crippen molar-refractivity contribution in [2.24, 2.45) is 0 Å². The van der Waals surface area contributed by atoms with Crippen LogP contribution < -0.4 is 5.32 Å². The molecular weight excluding hydrogens is 342 g/mol. The van der Waals surface area contributed by atoms with E-state index in [2.05, 4.69) is 15.5 Å². The highest BCUT2D eigenvalue weighted by molar-refractivity contribution is 8.02. The van der Waals surface area contributed by atoms with E-state index in [0.717, 1.165) is 15.6 Å². The number of nitrogens with zero attached hydrogens (tertiary/aromatic N) is 2. The van der Waals surface area contributed by atoms with Crippen LogP contribution in [0.25, 0.3) is 0 Å². The van der Waals surface area contributed by atoms with Crippen LogP contribution in [-0.2, 0) is 9.53 Å². The van der Waals surface area contributed by atoms with Crippen molar-refractivity contribution < 1.29 is 9.53 Å². The maximum Gasteiger partial charge on any atom is 0.319 e.